The zero-order valence-electron chi connectivity index (χ0n) is 17.9. The second kappa shape index (κ2) is 6.23. The molecule has 29 heavy (non-hydrogen) atoms. The van der Waals surface area contributed by atoms with Crippen LogP contribution in [-0.4, -0.2) is 30.1 Å². The van der Waals surface area contributed by atoms with Crippen LogP contribution >= 0.6 is 0 Å². The van der Waals surface area contributed by atoms with Crippen molar-refractivity contribution in [1.82, 2.24) is 15.5 Å². The van der Waals surface area contributed by atoms with E-state index in [1.165, 1.54) is 43.2 Å². The first-order chi connectivity index (χ1) is 13.9. The van der Waals surface area contributed by atoms with Gasteiger partial charge in [0.15, 0.2) is 0 Å². The van der Waals surface area contributed by atoms with Crippen LogP contribution in [0.25, 0.3) is 0 Å². The molecular formula is C25H35N3O. The van der Waals surface area contributed by atoms with Crippen LogP contribution in [0.3, 0.4) is 0 Å². The van der Waals surface area contributed by atoms with Crippen LogP contribution < -0.4 is 10.6 Å². The minimum atomic E-state index is 0.00140. The molecule has 4 saturated carbocycles. The summed E-state index contributed by atoms with van der Waals surface area (Å²) in [6.07, 6.45) is 8.90. The first-order valence-corrected chi connectivity index (χ1v) is 11.9. The number of likely N-dealkylation sites (tertiary alicyclic amines) is 1. The lowest BCUT2D eigenvalue weighted by molar-refractivity contribution is -0.0117. The van der Waals surface area contributed by atoms with Gasteiger partial charge < -0.3 is 10.2 Å². The summed E-state index contributed by atoms with van der Waals surface area (Å²) in [6.45, 7) is 6.26. The van der Waals surface area contributed by atoms with E-state index in [0.29, 0.717) is 6.04 Å². The van der Waals surface area contributed by atoms with Gasteiger partial charge in [-0.3, -0.25) is 5.32 Å². The van der Waals surface area contributed by atoms with Gasteiger partial charge in [0.25, 0.3) is 0 Å². The third-order valence-electron chi connectivity index (χ3n) is 9.09. The first-order valence-electron chi connectivity index (χ1n) is 11.9. The fourth-order valence-corrected chi connectivity index (χ4v) is 8.06. The monoisotopic (exact) mass is 393 g/mol. The van der Waals surface area contributed by atoms with Crippen molar-refractivity contribution in [3.05, 3.63) is 35.4 Å². The average molecular weight is 394 g/mol. The van der Waals surface area contributed by atoms with Gasteiger partial charge >= 0.3 is 6.03 Å². The van der Waals surface area contributed by atoms with E-state index < -0.39 is 0 Å². The van der Waals surface area contributed by atoms with Crippen molar-refractivity contribution in [2.45, 2.75) is 75.9 Å². The number of nitrogens with one attached hydrogen (secondary N) is 2. The van der Waals surface area contributed by atoms with Gasteiger partial charge in [-0.05, 0) is 93.6 Å². The molecule has 1 saturated heterocycles. The number of fused-ring (bicyclic) bond motifs is 2. The maximum Gasteiger partial charge on any atom is 0.317 e. The van der Waals surface area contributed by atoms with E-state index in [0.717, 1.165) is 49.6 Å². The Kier molecular flexibility index (Phi) is 3.92. The summed E-state index contributed by atoms with van der Waals surface area (Å²) in [4.78, 5) is 15.3. The van der Waals surface area contributed by atoms with Crippen LogP contribution in [0.4, 0.5) is 4.79 Å². The molecule has 1 aromatic rings. The number of piperidine rings is 1. The molecule has 0 radical (unpaired) electrons. The van der Waals surface area contributed by atoms with Crippen molar-refractivity contribution in [1.29, 1.82) is 0 Å². The number of benzene rings is 1. The van der Waals surface area contributed by atoms with E-state index in [-0.39, 0.29) is 17.1 Å². The molecule has 2 N–H and O–H groups in total. The molecule has 0 unspecified atom stereocenters. The number of rotatable bonds is 1. The first kappa shape index (κ1) is 18.2. The van der Waals surface area contributed by atoms with Crippen molar-refractivity contribution >= 4 is 6.03 Å². The summed E-state index contributed by atoms with van der Waals surface area (Å²) < 4.78 is 0. The predicted octanol–water partition coefficient (Wildman–Crippen LogP) is 4.35. The summed E-state index contributed by atoms with van der Waals surface area (Å²) in [7, 11) is 0. The van der Waals surface area contributed by atoms with Gasteiger partial charge in [0.2, 0.25) is 0 Å². The number of nitrogens with zero attached hydrogens (tertiary/aromatic N) is 1. The van der Waals surface area contributed by atoms with E-state index in [1.54, 1.807) is 0 Å². The zero-order chi connectivity index (χ0) is 19.8. The topological polar surface area (TPSA) is 44.4 Å². The van der Waals surface area contributed by atoms with Crippen LogP contribution in [0.15, 0.2) is 24.3 Å². The third kappa shape index (κ3) is 2.78. The van der Waals surface area contributed by atoms with Crippen LogP contribution in [0.5, 0.6) is 0 Å². The number of carbonyl (C=O) groups is 1. The van der Waals surface area contributed by atoms with E-state index >= 15 is 0 Å². The molecule has 156 valence electrons. The summed E-state index contributed by atoms with van der Waals surface area (Å²) in [5.41, 5.74) is 2.90. The molecule has 0 atom stereocenters. The Morgan fingerprint density at radius 1 is 0.966 bits per heavy atom. The fraction of sp³-hybridized carbons (Fsp3) is 0.720. The van der Waals surface area contributed by atoms with E-state index in [2.05, 4.69) is 53.6 Å². The standard InChI is InChI=1S/C25H35N3O/c1-24(2)20-5-3-4-6-21(20)25(27-24)7-9-28(10-8-25)23(29)26-22-18-12-16-11-17(14-18)15-19(22)13-16/h3-6,16-19,22,27H,7-15H2,1-2H3,(H,26,29). The number of urea groups is 1. The molecule has 2 aliphatic heterocycles. The highest BCUT2D eigenvalue weighted by Crippen LogP contribution is 2.54. The molecular weight excluding hydrogens is 358 g/mol. The van der Waals surface area contributed by atoms with Crippen LogP contribution in [0.2, 0.25) is 0 Å². The van der Waals surface area contributed by atoms with Gasteiger partial charge in [0.05, 0.1) is 0 Å². The highest BCUT2D eigenvalue weighted by molar-refractivity contribution is 5.75. The normalized spacial score (nSPS) is 38.3. The van der Waals surface area contributed by atoms with Crippen molar-refractivity contribution in [3.8, 4) is 0 Å². The highest BCUT2D eigenvalue weighted by atomic mass is 16.2. The molecule has 2 amide bonds. The highest BCUT2D eigenvalue weighted by Gasteiger charge is 2.50. The maximum atomic E-state index is 13.2. The Morgan fingerprint density at radius 3 is 2.17 bits per heavy atom. The van der Waals surface area contributed by atoms with Gasteiger partial charge in [-0.25, -0.2) is 4.79 Å². The fourth-order valence-electron chi connectivity index (χ4n) is 8.06. The number of carbonyl (C=O) groups excluding carboxylic acids is 1. The predicted molar refractivity (Wildman–Crippen MR) is 114 cm³/mol. The van der Waals surface area contributed by atoms with Crippen molar-refractivity contribution in [2.24, 2.45) is 23.7 Å². The Bertz CT molecular complexity index is 795. The van der Waals surface area contributed by atoms with Gasteiger partial charge in [-0.15, -0.1) is 0 Å². The van der Waals surface area contributed by atoms with E-state index in [1.807, 2.05) is 0 Å². The van der Waals surface area contributed by atoms with Gasteiger partial charge in [0, 0.05) is 30.2 Å². The number of hydrogen-bond donors (Lipinski definition) is 2. The van der Waals surface area contributed by atoms with E-state index in [4.69, 9.17) is 0 Å². The summed E-state index contributed by atoms with van der Waals surface area (Å²) in [5.74, 6) is 3.40. The minimum Gasteiger partial charge on any atom is -0.335 e. The molecule has 1 aromatic carbocycles. The van der Waals surface area contributed by atoms with Crippen molar-refractivity contribution in [2.75, 3.05) is 13.1 Å². The molecule has 5 fully saturated rings. The number of amides is 2. The average Bonchev–Trinajstić information content (AvgIpc) is 2.92. The molecule has 6 aliphatic rings. The molecule has 0 aromatic heterocycles. The lowest BCUT2D eigenvalue weighted by atomic mass is 9.54. The Morgan fingerprint density at radius 2 is 1.55 bits per heavy atom. The Labute approximate surface area is 174 Å². The zero-order valence-corrected chi connectivity index (χ0v) is 17.9. The lowest BCUT2D eigenvalue weighted by Crippen LogP contribution is -2.60. The van der Waals surface area contributed by atoms with Crippen LogP contribution in [-0.2, 0) is 11.1 Å². The Hall–Kier alpha value is -1.55. The van der Waals surface area contributed by atoms with Crippen molar-refractivity contribution in [3.63, 3.8) is 0 Å². The second-order valence-corrected chi connectivity index (χ2v) is 11.3. The molecule has 1 spiro atoms. The molecule has 4 heteroatoms. The van der Waals surface area contributed by atoms with Gasteiger partial charge in [-0.1, -0.05) is 24.3 Å². The smallest absolute Gasteiger partial charge is 0.317 e. The molecule has 2 heterocycles. The quantitative estimate of drug-likeness (QED) is 0.745. The van der Waals surface area contributed by atoms with E-state index in [9.17, 15) is 4.79 Å². The Balaban J connectivity index is 1.13. The minimum absolute atomic E-state index is 0.00140. The largest absolute Gasteiger partial charge is 0.335 e. The van der Waals surface area contributed by atoms with Gasteiger partial charge in [0.1, 0.15) is 0 Å². The summed E-state index contributed by atoms with van der Waals surface area (Å²) in [5, 5.41) is 7.45. The second-order valence-electron chi connectivity index (χ2n) is 11.3. The third-order valence-corrected chi connectivity index (χ3v) is 9.09. The van der Waals surface area contributed by atoms with Crippen LogP contribution in [0, 0.1) is 23.7 Å². The summed E-state index contributed by atoms with van der Waals surface area (Å²) in [6, 6.07) is 9.51. The summed E-state index contributed by atoms with van der Waals surface area (Å²) >= 11 is 0. The number of hydrogen-bond acceptors (Lipinski definition) is 2. The van der Waals surface area contributed by atoms with Gasteiger partial charge in [-0.2, -0.15) is 0 Å². The molecule has 4 nitrogen and oxygen atoms in total. The molecule has 4 bridgehead atoms. The van der Waals surface area contributed by atoms with Crippen molar-refractivity contribution < 1.29 is 4.79 Å². The molecule has 4 aliphatic carbocycles. The SMILES string of the molecule is CC1(C)NC2(CCN(C(=O)NC3C4CC5CC(C4)CC3C5)CC2)c2ccccc21. The van der Waals surface area contributed by atoms with Crippen LogP contribution in [0.1, 0.15) is 69.9 Å². The lowest BCUT2D eigenvalue weighted by Gasteiger charge is -2.54. The molecule has 7 rings (SSSR count). The maximum absolute atomic E-state index is 13.2.